The molecule has 1 aromatic heterocycles. The van der Waals surface area contributed by atoms with Gasteiger partial charge in [-0.2, -0.15) is 4.57 Å². The summed E-state index contributed by atoms with van der Waals surface area (Å²) in [5, 5.41) is 21.5. The molecule has 28 heavy (non-hydrogen) atoms. The zero-order valence-corrected chi connectivity index (χ0v) is 17.5. The number of benzene rings is 2. The van der Waals surface area contributed by atoms with Gasteiger partial charge in [-0.15, -0.1) is 0 Å². The molecule has 1 unspecified atom stereocenters. The summed E-state index contributed by atoms with van der Waals surface area (Å²) in [4.78, 5) is 3.25. The molecular formula is C22H23N2O2S2+. The number of aliphatic hydroxyl groups is 2. The molecule has 0 saturated carbocycles. The van der Waals surface area contributed by atoms with Crippen LogP contribution in [0, 0.1) is 0 Å². The van der Waals surface area contributed by atoms with Gasteiger partial charge in [0, 0.05) is 17.0 Å². The second-order valence-corrected chi connectivity index (χ2v) is 8.98. The molecule has 2 heterocycles. The Kier molecular flexibility index (Phi) is 5.55. The van der Waals surface area contributed by atoms with Gasteiger partial charge in [0.2, 0.25) is 5.52 Å². The summed E-state index contributed by atoms with van der Waals surface area (Å²) in [5.74, 6) is 0. The largest absolute Gasteiger partial charge is 0.394 e. The van der Waals surface area contributed by atoms with E-state index in [4.69, 9.17) is 0 Å². The number of thioether (sulfide) groups is 1. The number of β-amino-alcohol motifs (C(OH)–C–C–N with tert-alkyl or cyclic N) is 1. The van der Waals surface area contributed by atoms with Crippen LogP contribution in [0.2, 0.25) is 0 Å². The molecule has 0 amide bonds. The van der Waals surface area contributed by atoms with E-state index in [-0.39, 0.29) is 6.61 Å². The van der Waals surface area contributed by atoms with E-state index < -0.39 is 6.10 Å². The van der Waals surface area contributed by atoms with E-state index in [0.717, 1.165) is 16.3 Å². The van der Waals surface area contributed by atoms with Crippen LogP contribution in [0.25, 0.3) is 16.3 Å². The van der Waals surface area contributed by atoms with Crippen molar-refractivity contribution < 1.29 is 14.8 Å². The Bertz CT molecular complexity index is 1070. The highest BCUT2D eigenvalue weighted by Crippen LogP contribution is 2.46. The number of anilines is 1. The van der Waals surface area contributed by atoms with Gasteiger partial charge in [0.05, 0.1) is 30.0 Å². The Morgan fingerprint density at radius 3 is 2.71 bits per heavy atom. The minimum Gasteiger partial charge on any atom is -0.394 e. The van der Waals surface area contributed by atoms with Crippen LogP contribution in [0.3, 0.4) is 0 Å². The third kappa shape index (κ3) is 3.73. The third-order valence-electron chi connectivity index (χ3n) is 4.71. The Hall–Kier alpha value is -2.12. The van der Waals surface area contributed by atoms with Crippen LogP contribution in [-0.4, -0.2) is 29.5 Å². The lowest BCUT2D eigenvalue weighted by Gasteiger charge is -2.23. The third-order valence-corrected chi connectivity index (χ3v) is 6.99. The highest BCUT2D eigenvalue weighted by molar-refractivity contribution is 8.03. The summed E-state index contributed by atoms with van der Waals surface area (Å²) in [6.45, 7) is 2.22. The van der Waals surface area contributed by atoms with Crippen LogP contribution >= 0.6 is 23.1 Å². The molecule has 144 valence electrons. The number of rotatable bonds is 5. The van der Waals surface area contributed by atoms with Crippen molar-refractivity contribution in [3.8, 4) is 0 Å². The van der Waals surface area contributed by atoms with E-state index in [1.54, 1.807) is 23.1 Å². The fraction of sp³-hybridized carbons (Fsp3) is 0.227. The van der Waals surface area contributed by atoms with E-state index in [2.05, 4.69) is 72.0 Å². The summed E-state index contributed by atoms with van der Waals surface area (Å²) < 4.78 is 3.48. The van der Waals surface area contributed by atoms with Gasteiger partial charge in [-0.1, -0.05) is 47.4 Å². The molecule has 0 radical (unpaired) electrons. The van der Waals surface area contributed by atoms with Crippen LogP contribution in [0.5, 0.6) is 0 Å². The summed E-state index contributed by atoms with van der Waals surface area (Å²) in [6, 6.07) is 16.6. The first-order valence-electron chi connectivity index (χ1n) is 9.17. The van der Waals surface area contributed by atoms with Crippen LogP contribution in [0.1, 0.15) is 11.9 Å². The molecule has 0 fully saturated rings. The van der Waals surface area contributed by atoms with Crippen molar-refractivity contribution in [3.05, 3.63) is 70.2 Å². The lowest BCUT2D eigenvalue weighted by Crippen LogP contribution is -2.31. The normalized spacial score (nSPS) is 16.8. The zero-order chi connectivity index (χ0) is 19.7. The number of hydrogen-bond acceptors (Lipinski definition) is 5. The molecule has 0 saturated heterocycles. The van der Waals surface area contributed by atoms with Crippen molar-refractivity contribution in [1.29, 1.82) is 0 Å². The molecule has 1 aliphatic heterocycles. The van der Waals surface area contributed by atoms with Crippen molar-refractivity contribution in [2.24, 2.45) is 7.05 Å². The average molecular weight is 412 g/mol. The van der Waals surface area contributed by atoms with Crippen LogP contribution in [0.4, 0.5) is 5.69 Å². The van der Waals surface area contributed by atoms with Crippen LogP contribution in [0.15, 0.2) is 70.1 Å². The second-order valence-electron chi connectivity index (χ2n) is 6.85. The number of para-hydroxylation sites is 2. The summed E-state index contributed by atoms with van der Waals surface area (Å²) in [7, 11) is 2.09. The molecule has 4 nitrogen and oxygen atoms in total. The number of aromatic nitrogens is 1. The average Bonchev–Trinajstić information content (AvgIpc) is 3.19. The molecule has 0 bridgehead atoms. The van der Waals surface area contributed by atoms with E-state index in [1.165, 1.54) is 20.1 Å². The standard InChI is InChI=1S/C22H23N2O2S2/c1-15(11-21-23(2)17-7-3-5-9-19(17)27-21)12-22-24(13-16(26)14-25)18-8-4-6-10-20(18)28-22/h3-12,16,25-26H,13-14H2,1-2H3/q+1. The number of allylic oxidation sites excluding steroid dienone is 2. The van der Waals surface area contributed by atoms with Gasteiger partial charge in [0.15, 0.2) is 0 Å². The highest BCUT2D eigenvalue weighted by atomic mass is 32.2. The van der Waals surface area contributed by atoms with Gasteiger partial charge >= 0.3 is 0 Å². The van der Waals surface area contributed by atoms with Crippen molar-refractivity contribution >= 4 is 45.1 Å². The molecule has 1 atom stereocenters. The van der Waals surface area contributed by atoms with Crippen molar-refractivity contribution in [1.82, 2.24) is 0 Å². The van der Waals surface area contributed by atoms with Crippen molar-refractivity contribution in [3.63, 3.8) is 0 Å². The SMILES string of the molecule is CC(=C/c1sc2ccccc2[n+]1C)/C=C1/Sc2ccccc2N1CC(O)CO. The highest BCUT2D eigenvalue weighted by Gasteiger charge is 2.26. The van der Waals surface area contributed by atoms with Gasteiger partial charge in [0.1, 0.15) is 11.7 Å². The van der Waals surface area contributed by atoms with E-state index in [9.17, 15) is 10.2 Å². The number of aliphatic hydroxyl groups excluding tert-OH is 2. The molecule has 3 aromatic rings. The quantitative estimate of drug-likeness (QED) is 0.625. The summed E-state index contributed by atoms with van der Waals surface area (Å²) in [6.07, 6.45) is 3.57. The first-order chi connectivity index (χ1) is 13.6. The Balaban J connectivity index is 1.68. The number of aryl methyl sites for hydroxylation is 1. The fourth-order valence-electron chi connectivity index (χ4n) is 3.30. The Morgan fingerprint density at radius 1 is 1.18 bits per heavy atom. The topological polar surface area (TPSA) is 47.6 Å². The Labute approximate surface area is 173 Å². The van der Waals surface area contributed by atoms with Gasteiger partial charge in [0.25, 0.3) is 5.01 Å². The maximum absolute atomic E-state index is 10.0. The van der Waals surface area contributed by atoms with E-state index in [1.807, 2.05) is 12.1 Å². The number of thiazole rings is 1. The van der Waals surface area contributed by atoms with Crippen LogP contribution < -0.4 is 9.47 Å². The molecule has 2 N–H and O–H groups in total. The minimum absolute atomic E-state index is 0.247. The van der Waals surface area contributed by atoms with Gasteiger partial charge < -0.3 is 15.1 Å². The maximum Gasteiger partial charge on any atom is 0.262 e. The maximum atomic E-state index is 10.0. The Morgan fingerprint density at radius 2 is 1.93 bits per heavy atom. The zero-order valence-electron chi connectivity index (χ0n) is 15.9. The molecule has 4 rings (SSSR count). The smallest absolute Gasteiger partial charge is 0.262 e. The van der Waals surface area contributed by atoms with Crippen molar-refractivity contribution in [2.45, 2.75) is 17.9 Å². The predicted octanol–water partition coefficient (Wildman–Crippen LogP) is 3.94. The van der Waals surface area contributed by atoms with Gasteiger partial charge in [-0.05, 0) is 36.8 Å². The monoisotopic (exact) mass is 411 g/mol. The number of nitrogens with zero attached hydrogens (tertiary/aromatic N) is 2. The molecule has 0 aliphatic carbocycles. The molecule has 6 heteroatoms. The fourth-order valence-corrected chi connectivity index (χ4v) is 5.64. The molecule has 2 aromatic carbocycles. The molecular weight excluding hydrogens is 388 g/mol. The molecule has 0 spiro atoms. The van der Waals surface area contributed by atoms with Crippen molar-refractivity contribution in [2.75, 3.05) is 18.1 Å². The first-order valence-corrected chi connectivity index (χ1v) is 10.8. The molecule has 1 aliphatic rings. The first kappa shape index (κ1) is 19.2. The van der Waals surface area contributed by atoms with E-state index >= 15 is 0 Å². The predicted molar refractivity (Wildman–Crippen MR) is 117 cm³/mol. The summed E-state index contributed by atoms with van der Waals surface area (Å²) in [5.41, 5.74) is 3.45. The lowest BCUT2D eigenvalue weighted by molar-refractivity contribution is -0.642. The van der Waals surface area contributed by atoms with Gasteiger partial charge in [-0.3, -0.25) is 0 Å². The van der Waals surface area contributed by atoms with Crippen LogP contribution in [-0.2, 0) is 7.05 Å². The summed E-state index contributed by atoms with van der Waals surface area (Å²) >= 11 is 3.47. The second kappa shape index (κ2) is 8.09. The van der Waals surface area contributed by atoms with Gasteiger partial charge in [-0.25, -0.2) is 0 Å². The lowest BCUT2D eigenvalue weighted by atomic mass is 10.2. The van der Waals surface area contributed by atoms with E-state index in [0.29, 0.717) is 6.54 Å². The minimum atomic E-state index is -0.778. The number of hydrogen-bond donors (Lipinski definition) is 2. The number of fused-ring (bicyclic) bond motifs is 2.